The molecule has 1 heterocycles. The van der Waals surface area contributed by atoms with E-state index in [0.29, 0.717) is 30.7 Å². The molecule has 3 amide bonds. The van der Waals surface area contributed by atoms with Crippen LogP contribution in [0.15, 0.2) is 0 Å². The Kier molecular flexibility index (Phi) is 11.3. The third kappa shape index (κ3) is 8.68. The van der Waals surface area contributed by atoms with Crippen molar-refractivity contribution in [3.8, 4) is 0 Å². The van der Waals surface area contributed by atoms with E-state index in [0.717, 1.165) is 51.4 Å². The van der Waals surface area contributed by atoms with E-state index in [2.05, 4.69) is 28.2 Å². The first kappa shape index (κ1) is 32.7. The Morgan fingerprint density at radius 1 is 0.952 bits per heavy atom. The van der Waals surface area contributed by atoms with Crippen LogP contribution in [-0.4, -0.2) is 85.0 Å². The molecular weight excluding hydrogens is 534 g/mol. The standard InChI is InChI=1S/C32H55N5O5/c1-20-8-6-7-9-25(20)35-31(41)33-23-13-10-21(11-14-23)16-28(38)32(2,3)36-24-15-12-22-19-37(4)30(40)27(18-29(39)42-5)34-26(22)17-24/h20-27,34,36H,6-19H2,1-5H3,(H2,33,35,41). The van der Waals surface area contributed by atoms with Gasteiger partial charge < -0.3 is 30.9 Å². The maximum absolute atomic E-state index is 13.5. The molecule has 0 aromatic rings. The third-order valence-electron chi connectivity index (χ3n) is 10.5. The van der Waals surface area contributed by atoms with Crippen molar-refractivity contribution in [3.63, 3.8) is 0 Å². The van der Waals surface area contributed by atoms with E-state index < -0.39 is 17.6 Å². The third-order valence-corrected chi connectivity index (χ3v) is 10.5. The van der Waals surface area contributed by atoms with Gasteiger partial charge in [-0.05, 0) is 89.4 Å². The molecule has 3 aliphatic carbocycles. The predicted molar refractivity (Wildman–Crippen MR) is 162 cm³/mol. The van der Waals surface area contributed by atoms with Gasteiger partial charge in [-0.15, -0.1) is 0 Å². The first-order chi connectivity index (χ1) is 19.9. The molecule has 0 spiro atoms. The van der Waals surface area contributed by atoms with E-state index in [-0.39, 0.29) is 48.3 Å². The summed E-state index contributed by atoms with van der Waals surface area (Å²) in [6, 6.07) is 0.0762. The van der Waals surface area contributed by atoms with Gasteiger partial charge in [0.05, 0.1) is 25.1 Å². The number of hydrogen-bond acceptors (Lipinski definition) is 7. The van der Waals surface area contributed by atoms with Crippen molar-refractivity contribution < 1.29 is 23.9 Å². The molecule has 1 aliphatic heterocycles. The van der Waals surface area contributed by atoms with Crippen LogP contribution in [0.2, 0.25) is 0 Å². The Morgan fingerprint density at radius 3 is 2.33 bits per heavy atom. The van der Waals surface area contributed by atoms with Gasteiger partial charge in [0.2, 0.25) is 5.91 Å². The number of likely N-dealkylation sites (N-methyl/N-ethyl adjacent to an activating group) is 1. The number of carbonyl (C=O) groups excluding carboxylic acids is 4. The van der Waals surface area contributed by atoms with Gasteiger partial charge in [0.1, 0.15) is 0 Å². The molecule has 10 nitrogen and oxygen atoms in total. The Balaban J connectivity index is 1.22. The highest BCUT2D eigenvalue weighted by atomic mass is 16.5. The number of nitrogens with one attached hydrogen (secondary N) is 4. The summed E-state index contributed by atoms with van der Waals surface area (Å²) in [5.41, 5.74) is -0.647. The van der Waals surface area contributed by atoms with Gasteiger partial charge >= 0.3 is 12.0 Å². The second-order valence-electron chi connectivity index (χ2n) is 14.2. The fourth-order valence-corrected chi connectivity index (χ4v) is 7.77. The van der Waals surface area contributed by atoms with Gasteiger partial charge in [0, 0.05) is 44.2 Å². The number of nitrogens with zero attached hydrogens (tertiary/aromatic N) is 1. The molecule has 10 heteroatoms. The van der Waals surface area contributed by atoms with Gasteiger partial charge in [-0.1, -0.05) is 19.8 Å². The lowest BCUT2D eigenvalue weighted by Crippen LogP contribution is -2.57. The number of esters is 1. The number of rotatable bonds is 9. The summed E-state index contributed by atoms with van der Waals surface area (Å²) in [6.45, 7) is 6.87. The number of ketones is 1. The van der Waals surface area contributed by atoms with Crippen molar-refractivity contribution in [2.24, 2.45) is 17.8 Å². The van der Waals surface area contributed by atoms with Crippen LogP contribution >= 0.6 is 0 Å². The summed E-state index contributed by atoms with van der Waals surface area (Å²) >= 11 is 0. The first-order valence-corrected chi connectivity index (χ1v) is 16.4. The normalized spacial score (nSPS) is 34.1. The van der Waals surface area contributed by atoms with Gasteiger partial charge in [0.15, 0.2) is 5.78 Å². The second-order valence-corrected chi connectivity index (χ2v) is 14.2. The summed E-state index contributed by atoms with van der Waals surface area (Å²) < 4.78 is 4.82. The molecule has 4 N–H and O–H groups in total. The average molecular weight is 590 g/mol. The fourth-order valence-electron chi connectivity index (χ4n) is 7.77. The van der Waals surface area contributed by atoms with Crippen molar-refractivity contribution in [3.05, 3.63) is 0 Å². The summed E-state index contributed by atoms with van der Waals surface area (Å²) in [4.78, 5) is 52.6. The van der Waals surface area contributed by atoms with E-state index in [1.807, 2.05) is 13.8 Å². The number of Topliss-reactive ketones (excluding diaryl/α,β-unsaturated/α-hetero) is 1. The van der Waals surface area contributed by atoms with E-state index in [4.69, 9.17) is 4.74 Å². The lowest BCUT2D eigenvalue weighted by atomic mass is 9.78. The molecule has 6 atom stereocenters. The van der Waals surface area contributed by atoms with Crippen LogP contribution in [0.4, 0.5) is 4.79 Å². The van der Waals surface area contributed by atoms with Crippen molar-refractivity contribution in [2.75, 3.05) is 20.7 Å². The van der Waals surface area contributed by atoms with Gasteiger partial charge in [-0.2, -0.15) is 0 Å². The smallest absolute Gasteiger partial charge is 0.315 e. The van der Waals surface area contributed by atoms with Crippen LogP contribution < -0.4 is 21.3 Å². The highest BCUT2D eigenvalue weighted by Crippen LogP contribution is 2.32. The van der Waals surface area contributed by atoms with Gasteiger partial charge in [0.25, 0.3) is 0 Å². The number of fused-ring (bicyclic) bond motifs is 1. The molecule has 4 fully saturated rings. The first-order valence-electron chi connectivity index (χ1n) is 16.4. The zero-order chi connectivity index (χ0) is 30.4. The summed E-state index contributed by atoms with van der Waals surface area (Å²) in [5, 5.41) is 13.5. The monoisotopic (exact) mass is 589 g/mol. The maximum atomic E-state index is 13.5. The summed E-state index contributed by atoms with van der Waals surface area (Å²) in [5.74, 6) is 0.966. The number of carbonyl (C=O) groups is 4. The lowest BCUT2D eigenvalue weighted by molar-refractivity contribution is -0.144. The zero-order valence-electron chi connectivity index (χ0n) is 26.5. The van der Waals surface area contributed by atoms with Crippen LogP contribution in [-0.2, 0) is 19.1 Å². The predicted octanol–water partition coefficient (Wildman–Crippen LogP) is 3.28. The molecule has 0 aromatic carbocycles. The minimum atomic E-state index is -0.647. The number of methoxy groups -OCH3 is 1. The minimum Gasteiger partial charge on any atom is -0.469 e. The topological polar surface area (TPSA) is 129 Å². The van der Waals surface area contributed by atoms with Crippen molar-refractivity contribution in [2.45, 2.75) is 140 Å². The summed E-state index contributed by atoms with van der Waals surface area (Å²) in [6.07, 6.45) is 11.7. The molecule has 6 unspecified atom stereocenters. The van der Waals surface area contributed by atoms with Gasteiger partial charge in [-0.3, -0.25) is 14.4 Å². The lowest BCUT2D eigenvalue weighted by Gasteiger charge is -2.40. The zero-order valence-corrected chi connectivity index (χ0v) is 26.5. The highest BCUT2D eigenvalue weighted by Gasteiger charge is 2.41. The number of hydrogen-bond donors (Lipinski definition) is 4. The SMILES string of the molecule is COC(=O)CC1NC2CC(NC(C)(C)C(=O)CC3CCC(NC(=O)NC4CCCCC4C)CC3)CCC2CN(C)C1=O. The minimum absolute atomic E-state index is 0.0210. The van der Waals surface area contributed by atoms with Crippen LogP contribution in [0.5, 0.6) is 0 Å². The van der Waals surface area contributed by atoms with Crippen LogP contribution in [0.1, 0.15) is 104 Å². The van der Waals surface area contributed by atoms with E-state index in [1.54, 1.807) is 11.9 Å². The Bertz CT molecular complexity index is 965. The van der Waals surface area contributed by atoms with Gasteiger partial charge in [-0.25, -0.2) is 4.79 Å². The maximum Gasteiger partial charge on any atom is 0.315 e. The molecule has 42 heavy (non-hydrogen) atoms. The Morgan fingerprint density at radius 2 is 1.64 bits per heavy atom. The van der Waals surface area contributed by atoms with Crippen LogP contribution in [0, 0.1) is 17.8 Å². The number of urea groups is 1. The quantitative estimate of drug-likeness (QED) is 0.304. The molecule has 1 saturated heterocycles. The molecular formula is C32H55N5O5. The molecule has 0 aromatic heterocycles. The van der Waals surface area contributed by atoms with E-state index in [1.165, 1.54) is 26.4 Å². The Labute approximate surface area is 252 Å². The molecule has 3 saturated carbocycles. The van der Waals surface area contributed by atoms with Crippen molar-refractivity contribution in [1.82, 2.24) is 26.2 Å². The van der Waals surface area contributed by atoms with Crippen LogP contribution in [0.3, 0.4) is 0 Å². The molecule has 4 rings (SSSR count). The van der Waals surface area contributed by atoms with Crippen molar-refractivity contribution >= 4 is 23.7 Å². The van der Waals surface area contributed by atoms with Crippen LogP contribution in [0.25, 0.3) is 0 Å². The molecule has 0 radical (unpaired) electrons. The average Bonchev–Trinajstić information content (AvgIpc) is 3.06. The second kappa shape index (κ2) is 14.5. The molecule has 238 valence electrons. The molecule has 4 aliphatic rings. The number of amides is 3. The largest absolute Gasteiger partial charge is 0.469 e. The summed E-state index contributed by atoms with van der Waals surface area (Å²) in [7, 11) is 3.15. The number of ether oxygens (including phenoxy) is 1. The molecule has 0 bridgehead atoms. The van der Waals surface area contributed by atoms with E-state index >= 15 is 0 Å². The van der Waals surface area contributed by atoms with Crippen molar-refractivity contribution in [1.29, 1.82) is 0 Å². The fraction of sp³-hybridized carbons (Fsp3) is 0.875. The highest BCUT2D eigenvalue weighted by molar-refractivity contribution is 5.88. The van der Waals surface area contributed by atoms with E-state index in [9.17, 15) is 19.2 Å². The Hall–Kier alpha value is -2.20.